The molecule has 0 bridgehead atoms. The van der Waals surface area contributed by atoms with Crippen LogP contribution in [0.1, 0.15) is 47.8 Å². The summed E-state index contributed by atoms with van der Waals surface area (Å²) in [5, 5.41) is 13.1. The molecule has 2 heterocycles. The molecule has 0 saturated carbocycles. The van der Waals surface area contributed by atoms with E-state index in [0.717, 1.165) is 0 Å². The largest absolute Gasteiger partial charge is 0.355 e. The van der Waals surface area contributed by atoms with Crippen molar-refractivity contribution in [2.45, 2.75) is 32.6 Å². The first kappa shape index (κ1) is 29.4. The van der Waals surface area contributed by atoms with Crippen LogP contribution in [0.3, 0.4) is 0 Å². The standard InChI is InChI=1S/C29H33FN6O5/c1-19(37)31-11-12-32-26(38)7-4-8-27(39)35-13-15-36(16-14-35)29(41)23-17-20(9-10-24(23)30)18-25-21-5-2-3-6-22(21)28(40)34-33-25/h2-3,5-6,9-10,17H,4,7-8,11-16,18H2,1H3,(H,31,37)(H,32,38)(H,34,40). The molecule has 0 spiro atoms. The Morgan fingerprint density at radius 1 is 0.927 bits per heavy atom. The zero-order chi connectivity index (χ0) is 29.4. The van der Waals surface area contributed by atoms with Gasteiger partial charge in [0.2, 0.25) is 17.7 Å². The third-order valence-corrected chi connectivity index (χ3v) is 6.94. The molecule has 3 N–H and O–H groups in total. The van der Waals surface area contributed by atoms with Crippen LogP contribution < -0.4 is 16.2 Å². The van der Waals surface area contributed by atoms with Crippen LogP contribution >= 0.6 is 0 Å². The number of H-pyrrole nitrogens is 1. The molecule has 216 valence electrons. The van der Waals surface area contributed by atoms with Crippen molar-refractivity contribution in [3.63, 3.8) is 0 Å². The van der Waals surface area contributed by atoms with Crippen molar-refractivity contribution >= 4 is 34.4 Å². The predicted octanol–water partition coefficient (Wildman–Crippen LogP) is 1.36. The Balaban J connectivity index is 1.28. The van der Waals surface area contributed by atoms with Gasteiger partial charge in [-0.05, 0) is 30.2 Å². The number of piperazine rings is 1. The highest BCUT2D eigenvalue weighted by atomic mass is 19.1. The molecule has 1 aliphatic rings. The molecule has 0 atom stereocenters. The quantitative estimate of drug-likeness (QED) is 0.317. The fraction of sp³-hybridized carbons (Fsp3) is 0.379. The number of hydrogen-bond donors (Lipinski definition) is 3. The summed E-state index contributed by atoms with van der Waals surface area (Å²) in [6, 6.07) is 11.4. The summed E-state index contributed by atoms with van der Waals surface area (Å²) in [5.41, 5.74) is 0.936. The molecule has 0 radical (unpaired) electrons. The van der Waals surface area contributed by atoms with E-state index in [1.807, 2.05) is 6.07 Å². The van der Waals surface area contributed by atoms with Gasteiger partial charge in [-0.3, -0.25) is 24.0 Å². The van der Waals surface area contributed by atoms with Crippen LogP contribution in [0.2, 0.25) is 0 Å². The third kappa shape index (κ3) is 7.74. The lowest BCUT2D eigenvalue weighted by Gasteiger charge is -2.35. The SMILES string of the molecule is CC(=O)NCCNC(=O)CCCC(=O)N1CCN(C(=O)c2cc(Cc3n[nH]c(=O)c4ccccc34)ccc2F)CC1. The lowest BCUT2D eigenvalue weighted by atomic mass is 10.0. The van der Waals surface area contributed by atoms with Crippen LogP contribution in [0.25, 0.3) is 10.8 Å². The Morgan fingerprint density at radius 2 is 1.61 bits per heavy atom. The second-order valence-electron chi connectivity index (χ2n) is 9.90. The van der Waals surface area contributed by atoms with E-state index in [1.54, 1.807) is 29.2 Å². The summed E-state index contributed by atoms with van der Waals surface area (Å²) in [6.45, 7) is 3.25. The van der Waals surface area contributed by atoms with E-state index in [9.17, 15) is 28.4 Å². The molecule has 11 nitrogen and oxygen atoms in total. The minimum Gasteiger partial charge on any atom is -0.355 e. The second kappa shape index (κ2) is 13.6. The number of halogens is 1. The van der Waals surface area contributed by atoms with E-state index in [2.05, 4.69) is 20.8 Å². The maximum Gasteiger partial charge on any atom is 0.272 e. The van der Waals surface area contributed by atoms with Gasteiger partial charge in [0.05, 0.1) is 16.6 Å². The number of aromatic amines is 1. The molecule has 4 rings (SSSR count). The van der Waals surface area contributed by atoms with Gasteiger partial charge < -0.3 is 20.4 Å². The number of nitrogens with one attached hydrogen (secondary N) is 3. The van der Waals surface area contributed by atoms with Crippen molar-refractivity contribution in [1.29, 1.82) is 0 Å². The van der Waals surface area contributed by atoms with Crippen LogP contribution in [0.15, 0.2) is 47.3 Å². The molecule has 0 unspecified atom stereocenters. The highest BCUT2D eigenvalue weighted by molar-refractivity contribution is 5.95. The normalized spacial score (nSPS) is 13.2. The molecule has 41 heavy (non-hydrogen) atoms. The van der Waals surface area contributed by atoms with Crippen LogP contribution in [-0.4, -0.2) is 82.9 Å². The average molecular weight is 565 g/mol. The molecule has 1 aliphatic heterocycles. The number of nitrogens with zero attached hydrogens (tertiary/aromatic N) is 3. The second-order valence-corrected chi connectivity index (χ2v) is 9.90. The summed E-state index contributed by atoms with van der Waals surface area (Å²) >= 11 is 0. The Bertz CT molecular complexity index is 1500. The van der Waals surface area contributed by atoms with E-state index in [4.69, 9.17) is 0 Å². The van der Waals surface area contributed by atoms with Gasteiger partial charge in [-0.1, -0.05) is 24.3 Å². The molecule has 1 saturated heterocycles. The molecule has 1 fully saturated rings. The van der Waals surface area contributed by atoms with Gasteiger partial charge in [0.1, 0.15) is 5.82 Å². The lowest BCUT2D eigenvalue weighted by Crippen LogP contribution is -2.50. The van der Waals surface area contributed by atoms with E-state index >= 15 is 0 Å². The van der Waals surface area contributed by atoms with Gasteiger partial charge in [0.15, 0.2) is 0 Å². The van der Waals surface area contributed by atoms with Crippen molar-refractivity contribution < 1.29 is 23.6 Å². The van der Waals surface area contributed by atoms with E-state index in [-0.39, 0.29) is 54.8 Å². The smallest absolute Gasteiger partial charge is 0.272 e. The maximum atomic E-state index is 14.7. The van der Waals surface area contributed by atoms with Crippen molar-refractivity contribution in [2.75, 3.05) is 39.3 Å². The van der Waals surface area contributed by atoms with Crippen molar-refractivity contribution in [3.8, 4) is 0 Å². The summed E-state index contributed by atoms with van der Waals surface area (Å²) in [4.78, 5) is 63.8. The maximum absolute atomic E-state index is 14.7. The molecule has 0 aliphatic carbocycles. The highest BCUT2D eigenvalue weighted by Crippen LogP contribution is 2.20. The molecule has 2 aromatic carbocycles. The van der Waals surface area contributed by atoms with Crippen LogP contribution in [0.5, 0.6) is 0 Å². The number of hydrogen-bond acceptors (Lipinski definition) is 6. The number of aromatic nitrogens is 2. The van der Waals surface area contributed by atoms with Crippen LogP contribution in [0.4, 0.5) is 4.39 Å². The highest BCUT2D eigenvalue weighted by Gasteiger charge is 2.26. The number of carbonyl (C=O) groups excluding carboxylic acids is 4. The Kier molecular flexibility index (Phi) is 9.77. The van der Waals surface area contributed by atoms with Gasteiger partial charge in [-0.15, -0.1) is 0 Å². The van der Waals surface area contributed by atoms with Gasteiger partial charge in [0, 0.05) is 70.8 Å². The van der Waals surface area contributed by atoms with E-state index < -0.39 is 11.7 Å². The topological polar surface area (TPSA) is 145 Å². The van der Waals surface area contributed by atoms with Gasteiger partial charge >= 0.3 is 0 Å². The number of fused-ring (bicyclic) bond motifs is 1. The van der Waals surface area contributed by atoms with E-state index in [0.29, 0.717) is 61.1 Å². The van der Waals surface area contributed by atoms with Gasteiger partial charge in [-0.25, -0.2) is 9.49 Å². The summed E-state index contributed by atoms with van der Waals surface area (Å²) in [7, 11) is 0. The van der Waals surface area contributed by atoms with Crippen LogP contribution in [-0.2, 0) is 20.8 Å². The predicted molar refractivity (Wildman–Crippen MR) is 150 cm³/mol. The minimum atomic E-state index is -0.633. The molecule has 12 heteroatoms. The molecule has 1 aromatic heterocycles. The summed E-state index contributed by atoms with van der Waals surface area (Å²) in [5.74, 6) is -1.54. The zero-order valence-corrected chi connectivity index (χ0v) is 22.9. The van der Waals surface area contributed by atoms with Gasteiger partial charge in [-0.2, -0.15) is 5.10 Å². The molecular formula is C29H33FN6O5. The van der Waals surface area contributed by atoms with Crippen molar-refractivity contribution in [3.05, 3.63) is 75.5 Å². The number of amides is 4. The first-order valence-corrected chi connectivity index (χ1v) is 13.6. The number of rotatable bonds is 10. The summed E-state index contributed by atoms with van der Waals surface area (Å²) < 4.78 is 14.7. The molecule has 3 aromatic rings. The molecule has 4 amide bonds. The zero-order valence-electron chi connectivity index (χ0n) is 22.9. The van der Waals surface area contributed by atoms with Crippen molar-refractivity contribution in [2.24, 2.45) is 0 Å². The third-order valence-electron chi connectivity index (χ3n) is 6.94. The van der Waals surface area contributed by atoms with Crippen molar-refractivity contribution in [1.82, 2.24) is 30.6 Å². The number of carbonyl (C=O) groups is 4. The first-order valence-electron chi connectivity index (χ1n) is 13.6. The fourth-order valence-corrected chi connectivity index (χ4v) is 4.76. The lowest BCUT2D eigenvalue weighted by molar-refractivity contribution is -0.133. The monoisotopic (exact) mass is 564 g/mol. The fourth-order valence-electron chi connectivity index (χ4n) is 4.76. The van der Waals surface area contributed by atoms with Gasteiger partial charge in [0.25, 0.3) is 11.5 Å². The molecular weight excluding hydrogens is 531 g/mol. The summed E-state index contributed by atoms with van der Waals surface area (Å²) in [6.07, 6.45) is 1.09. The van der Waals surface area contributed by atoms with Crippen LogP contribution in [0, 0.1) is 5.82 Å². The average Bonchev–Trinajstić information content (AvgIpc) is 2.97. The Morgan fingerprint density at radius 3 is 2.34 bits per heavy atom. The van der Waals surface area contributed by atoms with E-state index in [1.165, 1.54) is 24.0 Å². The Hall–Kier alpha value is -4.61. The number of benzene rings is 2. The first-order chi connectivity index (χ1) is 19.7. The Labute approximate surface area is 236 Å². The minimum absolute atomic E-state index is 0.0551.